The van der Waals surface area contributed by atoms with Gasteiger partial charge in [0.1, 0.15) is 5.75 Å². The number of fused-ring (bicyclic) bond motifs is 1. The Hall–Kier alpha value is -1.32. The number of hydrogen-bond acceptors (Lipinski definition) is 3. The van der Waals surface area contributed by atoms with E-state index in [-0.39, 0.29) is 6.04 Å². The van der Waals surface area contributed by atoms with E-state index in [9.17, 15) is 0 Å². The Kier molecular flexibility index (Phi) is 4.79. The Morgan fingerprint density at radius 2 is 2.39 bits per heavy atom. The van der Waals surface area contributed by atoms with E-state index in [1.165, 1.54) is 11.1 Å². The summed E-state index contributed by atoms with van der Waals surface area (Å²) in [6.45, 7) is 4.43. The molecule has 0 aliphatic carbocycles. The topological polar surface area (TPSA) is 47.3 Å². The van der Waals surface area contributed by atoms with Gasteiger partial charge in [-0.15, -0.1) is 0 Å². The summed E-state index contributed by atoms with van der Waals surface area (Å²) in [7, 11) is 0. The Labute approximate surface area is 109 Å². The average Bonchev–Trinajstić information content (AvgIpc) is 2.86. The molecule has 18 heavy (non-hydrogen) atoms. The average molecular weight is 246 g/mol. The minimum Gasteiger partial charge on any atom is -0.493 e. The summed E-state index contributed by atoms with van der Waals surface area (Å²) in [5, 5.41) is 3.49. The Balaban J connectivity index is 1.98. The zero-order chi connectivity index (χ0) is 12.8. The number of allylic oxidation sites excluding steroid dienone is 1. The van der Waals surface area contributed by atoms with Gasteiger partial charge >= 0.3 is 0 Å². The molecule has 3 nitrogen and oxygen atoms in total. The first kappa shape index (κ1) is 13.1. The molecule has 0 saturated heterocycles. The molecule has 0 spiro atoms. The van der Waals surface area contributed by atoms with Gasteiger partial charge in [-0.2, -0.15) is 0 Å². The highest BCUT2D eigenvalue weighted by Crippen LogP contribution is 2.27. The molecule has 0 saturated carbocycles. The van der Waals surface area contributed by atoms with E-state index in [1.54, 1.807) is 0 Å². The van der Waals surface area contributed by atoms with Gasteiger partial charge in [0.2, 0.25) is 0 Å². The molecule has 0 aromatic heterocycles. The predicted octanol–water partition coefficient (Wildman–Crippen LogP) is 2.18. The van der Waals surface area contributed by atoms with Crippen molar-refractivity contribution < 1.29 is 4.74 Å². The lowest BCUT2D eigenvalue weighted by atomic mass is 10.0. The van der Waals surface area contributed by atoms with Crippen LogP contribution >= 0.6 is 0 Å². The van der Waals surface area contributed by atoms with Crippen molar-refractivity contribution in [2.45, 2.75) is 25.8 Å². The molecule has 1 aromatic rings. The molecule has 3 heteroatoms. The fourth-order valence-electron chi connectivity index (χ4n) is 2.27. The highest BCUT2D eigenvalue weighted by molar-refractivity contribution is 5.40. The van der Waals surface area contributed by atoms with Crippen LogP contribution in [0.1, 0.15) is 30.5 Å². The number of hydrogen-bond donors (Lipinski definition) is 2. The molecule has 1 aliphatic rings. The minimum absolute atomic E-state index is 0.237. The van der Waals surface area contributed by atoms with Crippen molar-refractivity contribution in [3.63, 3.8) is 0 Å². The zero-order valence-corrected chi connectivity index (χ0v) is 11.0. The maximum Gasteiger partial charge on any atom is 0.122 e. The second-order valence-electron chi connectivity index (χ2n) is 4.57. The summed E-state index contributed by atoms with van der Waals surface area (Å²) in [4.78, 5) is 0. The molecule has 3 N–H and O–H groups in total. The van der Waals surface area contributed by atoms with Crippen LogP contribution in [-0.2, 0) is 6.42 Å². The van der Waals surface area contributed by atoms with Gasteiger partial charge in [-0.1, -0.05) is 24.3 Å². The molecule has 0 amide bonds. The van der Waals surface area contributed by atoms with Crippen molar-refractivity contribution in [3.8, 4) is 5.75 Å². The fourth-order valence-corrected chi connectivity index (χ4v) is 2.27. The Morgan fingerprint density at radius 3 is 3.17 bits per heavy atom. The summed E-state index contributed by atoms with van der Waals surface area (Å²) in [5.74, 6) is 1.03. The summed E-state index contributed by atoms with van der Waals surface area (Å²) in [5.41, 5.74) is 8.43. The van der Waals surface area contributed by atoms with Crippen LogP contribution in [-0.4, -0.2) is 19.7 Å². The first-order valence-corrected chi connectivity index (χ1v) is 6.65. The maximum atomic E-state index is 5.85. The molecule has 1 heterocycles. The van der Waals surface area contributed by atoms with Crippen LogP contribution in [0.3, 0.4) is 0 Å². The molecule has 1 unspecified atom stereocenters. The van der Waals surface area contributed by atoms with Gasteiger partial charge in [-0.05, 0) is 37.1 Å². The highest BCUT2D eigenvalue weighted by atomic mass is 16.5. The number of nitrogens with two attached hydrogens (primary N) is 1. The van der Waals surface area contributed by atoms with Crippen molar-refractivity contribution in [2.24, 2.45) is 5.73 Å². The van der Waals surface area contributed by atoms with Crippen molar-refractivity contribution >= 4 is 0 Å². The van der Waals surface area contributed by atoms with Crippen LogP contribution in [0.2, 0.25) is 0 Å². The van der Waals surface area contributed by atoms with Crippen LogP contribution in [0.4, 0.5) is 0 Å². The second kappa shape index (κ2) is 6.57. The van der Waals surface area contributed by atoms with Crippen molar-refractivity contribution in [3.05, 3.63) is 41.5 Å². The highest BCUT2D eigenvalue weighted by Gasteiger charge is 2.15. The molecule has 1 aromatic carbocycles. The zero-order valence-electron chi connectivity index (χ0n) is 11.0. The van der Waals surface area contributed by atoms with Gasteiger partial charge in [0.05, 0.1) is 6.61 Å². The normalized spacial score (nSPS) is 15.7. The fraction of sp³-hybridized carbons (Fsp3) is 0.467. The van der Waals surface area contributed by atoms with Crippen molar-refractivity contribution in [1.82, 2.24) is 5.32 Å². The lowest BCUT2D eigenvalue weighted by Crippen LogP contribution is -2.28. The minimum atomic E-state index is 0.237. The van der Waals surface area contributed by atoms with E-state index in [1.807, 2.05) is 6.92 Å². The smallest absolute Gasteiger partial charge is 0.122 e. The molecular weight excluding hydrogens is 224 g/mol. The Bertz CT molecular complexity index is 415. The van der Waals surface area contributed by atoms with Gasteiger partial charge < -0.3 is 15.8 Å². The number of benzene rings is 1. The molecule has 98 valence electrons. The third-order valence-electron chi connectivity index (χ3n) is 3.29. The standard InChI is InChI=1S/C15H22N2O/c1-2-3-4-8-17-14(11-16)12-5-6-15-13(10-12)7-9-18-15/h2-3,5-6,10,14,17H,4,7-9,11,16H2,1H3/b3-2+. The van der Waals surface area contributed by atoms with E-state index in [2.05, 4.69) is 35.7 Å². The van der Waals surface area contributed by atoms with Crippen molar-refractivity contribution in [2.75, 3.05) is 19.7 Å². The monoisotopic (exact) mass is 246 g/mol. The summed E-state index contributed by atoms with van der Waals surface area (Å²) in [6, 6.07) is 6.64. The Morgan fingerprint density at radius 1 is 1.50 bits per heavy atom. The molecule has 0 radical (unpaired) electrons. The van der Waals surface area contributed by atoms with E-state index in [4.69, 9.17) is 10.5 Å². The summed E-state index contributed by atoms with van der Waals surface area (Å²) >= 11 is 0. The van der Waals surface area contributed by atoms with Crippen molar-refractivity contribution in [1.29, 1.82) is 0 Å². The molecule has 1 atom stereocenters. The SMILES string of the molecule is C/C=C/CCNC(CN)c1ccc2c(c1)CCO2. The van der Waals surface area contributed by atoms with Crippen LogP contribution < -0.4 is 15.8 Å². The predicted molar refractivity (Wildman–Crippen MR) is 74.9 cm³/mol. The van der Waals surface area contributed by atoms with E-state index in [0.717, 1.165) is 31.7 Å². The molecule has 2 rings (SSSR count). The van der Waals surface area contributed by atoms with Gasteiger partial charge in [-0.3, -0.25) is 0 Å². The molecule has 0 bridgehead atoms. The lowest BCUT2D eigenvalue weighted by molar-refractivity contribution is 0.356. The van der Waals surface area contributed by atoms with Gasteiger partial charge in [0.15, 0.2) is 0 Å². The van der Waals surface area contributed by atoms with Gasteiger partial charge in [-0.25, -0.2) is 0 Å². The van der Waals surface area contributed by atoms with Gasteiger partial charge in [0.25, 0.3) is 0 Å². The quantitative estimate of drug-likeness (QED) is 0.597. The van der Waals surface area contributed by atoms with E-state index < -0.39 is 0 Å². The lowest BCUT2D eigenvalue weighted by Gasteiger charge is -2.17. The third kappa shape index (κ3) is 3.12. The largest absolute Gasteiger partial charge is 0.493 e. The third-order valence-corrected chi connectivity index (χ3v) is 3.29. The van der Waals surface area contributed by atoms with Crippen LogP contribution in [0.25, 0.3) is 0 Å². The molecular formula is C15H22N2O. The second-order valence-corrected chi connectivity index (χ2v) is 4.57. The molecule has 1 aliphatic heterocycles. The van der Waals surface area contributed by atoms with Crippen LogP contribution in [0.15, 0.2) is 30.4 Å². The number of ether oxygens (including phenoxy) is 1. The maximum absolute atomic E-state index is 5.85. The summed E-state index contributed by atoms with van der Waals surface area (Å²) < 4.78 is 5.52. The number of rotatable bonds is 6. The van der Waals surface area contributed by atoms with Crippen LogP contribution in [0, 0.1) is 0 Å². The van der Waals surface area contributed by atoms with Gasteiger partial charge in [0, 0.05) is 19.0 Å². The first-order chi connectivity index (χ1) is 8.85. The van der Waals surface area contributed by atoms with E-state index in [0.29, 0.717) is 6.54 Å². The van der Waals surface area contributed by atoms with E-state index >= 15 is 0 Å². The first-order valence-electron chi connectivity index (χ1n) is 6.65. The van der Waals surface area contributed by atoms with Crippen LogP contribution in [0.5, 0.6) is 5.75 Å². The number of nitrogens with one attached hydrogen (secondary N) is 1. The molecule has 0 fully saturated rings. The summed E-state index contributed by atoms with van der Waals surface area (Å²) in [6.07, 6.45) is 6.29.